The Kier molecular flexibility index (Phi) is 24.1. The Morgan fingerprint density at radius 1 is 0.560 bits per heavy atom. The molecule has 4 aliphatic carbocycles. The number of aliphatic hydroxyl groups excluding tert-OH is 14. The number of hydrogen-bond donors (Lipinski definition) is 14. The minimum absolute atomic E-state index is 0.0151. The maximum atomic E-state index is 14.8. The molecule has 0 bridgehead atoms. The lowest BCUT2D eigenvalue weighted by Gasteiger charge is -2.64. The van der Waals surface area contributed by atoms with Gasteiger partial charge >= 0.3 is 11.9 Å². The van der Waals surface area contributed by atoms with Gasteiger partial charge in [0.05, 0.1) is 50.7 Å². The highest BCUT2D eigenvalue weighted by Crippen LogP contribution is 2.76. The van der Waals surface area contributed by atoms with Crippen molar-refractivity contribution in [3.8, 4) is 0 Å². The van der Waals surface area contributed by atoms with Gasteiger partial charge in [0.15, 0.2) is 37.7 Å². The third-order valence-electron chi connectivity index (χ3n) is 24.7. The van der Waals surface area contributed by atoms with Gasteiger partial charge in [0.2, 0.25) is 0 Å². The molecule has 11 aliphatic rings. The number of esters is 2. The molecular weight excluding hydrogens is 1330 g/mol. The molecule has 0 aromatic heterocycles. The van der Waals surface area contributed by atoms with Gasteiger partial charge in [-0.3, -0.25) is 9.59 Å². The molecule has 1 spiro atoms. The molecule has 10 fully saturated rings. The summed E-state index contributed by atoms with van der Waals surface area (Å²) in [5.41, 5.74) is -1.80. The van der Waals surface area contributed by atoms with Crippen LogP contribution in [0, 0.1) is 45.3 Å². The first kappa shape index (κ1) is 78.6. The summed E-state index contributed by atoms with van der Waals surface area (Å²) < 4.78 is 96.2. The monoisotopic (exact) mass is 1440 g/mol. The van der Waals surface area contributed by atoms with Crippen molar-refractivity contribution in [2.45, 2.75) is 310 Å². The third-order valence-corrected chi connectivity index (χ3v) is 24.7. The number of aliphatic hydroxyl groups is 14. The molecule has 0 aromatic rings. The maximum absolute atomic E-state index is 14.8. The summed E-state index contributed by atoms with van der Waals surface area (Å²) in [6, 6.07) is 0. The van der Waals surface area contributed by atoms with Crippen LogP contribution in [0.25, 0.3) is 0 Å². The van der Waals surface area contributed by atoms with E-state index in [1.165, 1.54) is 33.6 Å². The van der Waals surface area contributed by atoms with Crippen LogP contribution in [0.2, 0.25) is 0 Å². The molecule has 100 heavy (non-hydrogen) atoms. The summed E-state index contributed by atoms with van der Waals surface area (Å²) in [4.78, 5) is 27.2. The Morgan fingerprint density at radius 3 is 1.67 bits per heavy atom. The number of allylic oxidation sites excluding steroid dienone is 2. The lowest BCUT2D eigenvalue weighted by Crippen LogP contribution is -2.67. The molecule has 7 saturated heterocycles. The van der Waals surface area contributed by atoms with Gasteiger partial charge in [-0.1, -0.05) is 53.2 Å². The van der Waals surface area contributed by atoms with E-state index in [4.69, 9.17) is 75.8 Å². The van der Waals surface area contributed by atoms with Crippen LogP contribution in [0.1, 0.15) is 120 Å². The van der Waals surface area contributed by atoms with Crippen LogP contribution >= 0.6 is 0 Å². The number of fused-ring (bicyclic) bond motifs is 4. The molecule has 0 unspecified atom stereocenters. The minimum Gasteiger partial charge on any atom is -0.462 e. The van der Waals surface area contributed by atoms with Gasteiger partial charge in [0, 0.05) is 38.9 Å². The molecule has 0 aromatic carbocycles. The summed E-state index contributed by atoms with van der Waals surface area (Å²) in [5.74, 6) is -0.347. The molecule has 3 saturated carbocycles. The molecule has 7 heterocycles. The number of ether oxygens (including phenoxy) is 16. The highest BCUT2D eigenvalue weighted by molar-refractivity contribution is 5.83. The Morgan fingerprint density at radius 2 is 1.09 bits per heavy atom. The first-order valence-corrected chi connectivity index (χ1v) is 35.4. The van der Waals surface area contributed by atoms with Gasteiger partial charge in [-0.05, 0) is 93.8 Å². The van der Waals surface area contributed by atoms with Crippen molar-refractivity contribution in [2.24, 2.45) is 45.3 Å². The average Bonchev–Trinajstić information content (AvgIpc) is 1.47. The molecule has 32 heteroatoms. The lowest BCUT2D eigenvalue weighted by molar-refractivity contribution is -0.394. The fraction of sp³-hybridized carbons (Fsp3) is 0.941. The van der Waals surface area contributed by atoms with Crippen LogP contribution < -0.4 is 0 Å². The number of carbonyl (C=O) groups is 2. The Bertz CT molecular complexity index is 2800. The van der Waals surface area contributed by atoms with E-state index in [-0.39, 0.29) is 41.0 Å². The second-order valence-corrected chi connectivity index (χ2v) is 31.4. The van der Waals surface area contributed by atoms with Crippen LogP contribution in [0.4, 0.5) is 0 Å². The van der Waals surface area contributed by atoms with Crippen molar-refractivity contribution in [2.75, 3.05) is 47.3 Å². The van der Waals surface area contributed by atoms with E-state index in [0.717, 1.165) is 19.3 Å². The zero-order valence-electron chi connectivity index (χ0n) is 58.7. The van der Waals surface area contributed by atoms with Crippen molar-refractivity contribution >= 4 is 11.9 Å². The summed E-state index contributed by atoms with van der Waals surface area (Å²) in [7, 11) is 2.40. The van der Waals surface area contributed by atoms with Gasteiger partial charge in [-0.15, -0.1) is 0 Å². The molecule has 11 rings (SSSR count). The smallest absolute Gasteiger partial charge is 0.313 e. The highest BCUT2D eigenvalue weighted by atomic mass is 16.8. The van der Waals surface area contributed by atoms with E-state index in [1.54, 1.807) is 0 Å². The zero-order chi connectivity index (χ0) is 72.8. The van der Waals surface area contributed by atoms with Gasteiger partial charge in [0.25, 0.3) is 0 Å². The molecular formula is C68H110O32. The molecule has 32 nitrogen and oxygen atoms in total. The Balaban J connectivity index is 0.828. The highest BCUT2D eigenvalue weighted by Gasteiger charge is 2.77. The van der Waals surface area contributed by atoms with E-state index in [2.05, 4.69) is 47.6 Å². The molecule has 574 valence electrons. The SMILES string of the molecule is CO[C@@H]1[C@@H](O)[C@H](O[C@@H]2[C@@H](O)[C@H](O[C@@H]3CO[C@@H](O[C@H]4CC[C@]5(C)[C@H]6CC[C@@]78C(=O)O[C@@](C)(C[C@H](CC(C)C)OC(C)=O)[C@H]7CC[C@@]8(C)C6=CC[C@H]5C4(C)C)[C@H](O[C@@H]4O[C@H](C)[C@@H](O[C@@H]5OC[C@@H](O)[C@H](O[C@@H]6O[C@H](CO)[C@@H](O)[C@H](OC)[C@H]6O)[C@H]5O)[C@H](O)[C@H]4O)[C@H]3O)O[C@H](CO)[C@H]2O)O[C@H](CO)[C@H]1O. The van der Waals surface area contributed by atoms with Crippen molar-refractivity contribution < 1.29 is 157 Å². The van der Waals surface area contributed by atoms with Crippen molar-refractivity contribution in [3.05, 3.63) is 11.6 Å². The fourth-order valence-electron chi connectivity index (χ4n) is 19.6. The minimum atomic E-state index is -2.02. The lowest BCUT2D eigenvalue weighted by atomic mass is 9.41. The van der Waals surface area contributed by atoms with E-state index >= 15 is 0 Å². The Hall–Kier alpha value is -2.44. The van der Waals surface area contributed by atoms with Gasteiger partial charge in [-0.25, -0.2) is 0 Å². The fourth-order valence-corrected chi connectivity index (χ4v) is 19.6. The quantitative estimate of drug-likeness (QED) is 0.0384. The van der Waals surface area contributed by atoms with E-state index in [1.807, 2.05) is 6.92 Å². The van der Waals surface area contributed by atoms with E-state index in [9.17, 15) is 81.1 Å². The predicted octanol–water partition coefficient (Wildman–Crippen LogP) is -2.82. The van der Waals surface area contributed by atoms with Crippen LogP contribution in [0.3, 0.4) is 0 Å². The number of carbonyl (C=O) groups excluding carboxylic acids is 2. The van der Waals surface area contributed by atoms with Crippen molar-refractivity contribution in [1.82, 2.24) is 0 Å². The first-order valence-electron chi connectivity index (χ1n) is 35.4. The normalized spacial score (nSPS) is 51.3. The average molecular weight is 1440 g/mol. The molecule has 0 radical (unpaired) electrons. The number of hydrogen-bond acceptors (Lipinski definition) is 32. The number of methoxy groups -OCH3 is 2. The topological polar surface area (TPSA) is 465 Å². The summed E-state index contributed by atoms with van der Waals surface area (Å²) in [6.07, 6.45) is -38.9. The molecule has 37 atom stereocenters. The third kappa shape index (κ3) is 13.9. The van der Waals surface area contributed by atoms with Gasteiger partial charge < -0.3 is 147 Å². The molecule has 7 aliphatic heterocycles. The van der Waals surface area contributed by atoms with Crippen LogP contribution in [0.15, 0.2) is 11.6 Å². The largest absolute Gasteiger partial charge is 0.462 e. The predicted molar refractivity (Wildman–Crippen MR) is 335 cm³/mol. The summed E-state index contributed by atoms with van der Waals surface area (Å²) in [6.45, 7) is 14.5. The van der Waals surface area contributed by atoms with Gasteiger partial charge in [-0.2, -0.15) is 0 Å². The Labute approximate surface area is 581 Å². The zero-order valence-corrected chi connectivity index (χ0v) is 58.7. The van der Waals surface area contributed by atoms with E-state index < -0.39 is 239 Å². The number of cyclic esters (lactones) is 1. The van der Waals surface area contributed by atoms with Crippen LogP contribution in [-0.4, -0.2) is 321 Å². The van der Waals surface area contributed by atoms with Crippen molar-refractivity contribution in [1.29, 1.82) is 0 Å². The second-order valence-electron chi connectivity index (χ2n) is 31.4. The van der Waals surface area contributed by atoms with Crippen LogP contribution in [0.5, 0.6) is 0 Å². The second kappa shape index (κ2) is 30.7. The molecule has 0 amide bonds. The van der Waals surface area contributed by atoms with E-state index in [0.29, 0.717) is 38.5 Å². The summed E-state index contributed by atoms with van der Waals surface area (Å²) in [5, 5.41) is 156. The first-order chi connectivity index (χ1) is 47.2. The molecule has 14 N–H and O–H groups in total. The number of rotatable bonds is 22. The standard InChI is InChI=1S/C68H110O32/c1-27(2)20-30(90-29(4)72)21-67(9)39-15-18-66(8)32-12-13-38-64(5,6)40(16-17-65(38,7)31(32)14-19-68(39,66)63(84)100-67)95-62-56(44(77)37(26-88-62)94-59-50(83)55(43(76)36(24-71)91-59)98-61-49(82)54(86-11)42(75)35(23-70)93-61)99-58-46(79)45(78)51(28(3)89-58)96-57-47(80)52(33(73)25-87-57)97-60-48(81)53(85-10)41(74)34(22-69)92-60/h12,27-28,30-31,33-62,69-71,73-83H,13-26H2,1-11H3/t28-,30+,31+,33-,34-,35-,36-,37-,38+,39-,40+,41-,42-,43-,44+,45-,46-,47-,48-,49-,50-,51-,52+,53+,54+,55+,56-,57+,58+,59+,60+,61+,62+,65-,66+,67+,68+/m1/s1. The van der Waals surface area contributed by atoms with Crippen LogP contribution in [-0.2, 0) is 85.4 Å². The van der Waals surface area contributed by atoms with Gasteiger partial charge in [0.1, 0.15) is 140 Å². The summed E-state index contributed by atoms with van der Waals surface area (Å²) >= 11 is 0. The maximum Gasteiger partial charge on any atom is 0.313 e. The van der Waals surface area contributed by atoms with Crippen molar-refractivity contribution in [3.63, 3.8) is 0 Å².